The quantitative estimate of drug-likeness (QED) is 0.780. The van der Waals surface area contributed by atoms with Gasteiger partial charge in [0, 0.05) is 25.4 Å². The molecule has 2 atom stereocenters. The first-order valence-corrected chi connectivity index (χ1v) is 7.56. The maximum Gasteiger partial charge on any atom is 0.151 e. The number of likely N-dealkylation sites (tertiary alicyclic amines) is 1. The van der Waals surface area contributed by atoms with Crippen molar-refractivity contribution < 1.29 is 8.42 Å². The summed E-state index contributed by atoms with van der Waals surface area (Å²) in [6, 6.07) is 0. The van der Waals surface area contributed by atoms with Gasteiger partial charge in [0.25, 0.3) is 0 Å². The van der Waals surface area contributed by atoms with Gasteiger partial charge in [0.05, 0.1) is 5.75 Å². The van der Waals surface area contributed by atoms with Gasteiger partial charge >= 0.3 is 0 Å². The molecule has 0 spiro atoms. The lowest BCUT2D eigenvalue weighted by atomic mass is 10.0. The van der Waals surface area contributed by atoms with Crippen LogP contribution in [0.5, 0.6) is 0 Å². The molecule has 2 aliphatic rings. The molecule has 0 bridgehead atoms. The van der Waals surface area contributed by atoms with E-state index in [4.69, 9.17) is 0 Å². The lowest BCUT2D eigenvalue weighted by Gasteiger charge is -2.16. The fourth-order valence-corrected chi connectivity index (χ4v) is 3.37. The predicted molar refractivity (Wildman–Crippen MR) is 67.9 cm³/mol. The molecular weight excluding hydrogens is 248 g/mol. The van der Waals surface area contributed by atoms with E-state index >= 15 is 0 Å². The van der Waals surface area contributed by atoms with Crippen LogP contribution in [-0.2, 0) is 9.84 Å². The fourth-order valence-electron chi connectivity index (χ4n) is 2.55. The summed E-state index contributed by atoms with van der Waals surface area (Å²) in [6.45, 7) is 6.83. The molecule has 0 unspecified atom stereocenters. The van der Waals surface area contributed by atoms with Gasteiger partial charge in [-0.1, -0.05) is 6.92 Å². The first-order chi connectivity index (χ1) is 7.11. The minimum atomic E-state index is -2.79. The van der Waals surface area contributed by atoms with Crippen LogP contribution in [0.15, 0.2) is 0 Å². The van der Waals surface area contributed by atoms with Crippen LogP contribution in [0, 0.1) is 11.8 Å². The Labute approximate surface area is 104 Å². The minimum absolute atomic E-state index is 0. The standard InChI is InChI=1S/C10H20N2O2S.ClH/c1-2-15(13,14)4-3-12-7-9-5-11-6-10(9)8-12;/h9-11H,2-8H2,1H3;1H/t9-,10+;. The van der Waals surface area contributed by atoms with Crippen LogP contribution in [0.25, 0.3) is 0 Å². The predicted octanol–water partition coefficient (Wildman–Crippen LogP) is -0.00590. The molecule has 0 aromatic rings. The molecule has 1 N–H and O–H groups in total. The van der Waals surface area contributed by atoms with Gasteiger partial charge in [-0.15, -0.1) is 12.4 Å². The fraction of sp³-hybridized carbons (Fsp3) is 1.00. The molecule has 0 saturated carbocycles. The Morgan fingerprint density at radius 3 is 2.31 bits per heavy atom. The maximum absolute atomic E-state index is 11.4. The van der Waals surface area contributed by atoms with Gasteiger partial charge in [-0.05, 0) is 24.9 Å². The molecule has 2 heterocycles. The Hall–Kier alpha value is 0.160. The number of halogens is 1. The average Bonchev–Trinajstić information content (AvgIpc) is 2.74. The number of rotatable bonds is 4. The number of sulfone groups is 1. The number of fused-ring (bicyclic) bond motifs is 1. The van der Waals surface area contributed by atoms with Crippen molar-refractivity contribution in [1.82, 2.24) is 10.2 Å². The highest BCUT2D eigenvalue weighted by molar-refractivity contribution is 7.91. The van der Waals surface area contributed by atoms with E-state index in [1.807, 2.05) is 0 Å². The van der Waals surface area contributed by atoms with Crippen molar-refractivity contribution in [3.8, 4) is 0 Å². The zero-order valence-electron chi connectivity index (χ0n) is 9.68. The highest BCUT2D eigenvalue weighted by Gasteiger charge is 2.35. The third-order valence-electron chi connectivity index (χ3n) is 3.62. The van der Waals surface area contributed by atoms with E-state index in [-0.39, 0.29) is 18.2 Å². The molecule has 4 nitrogen and oxygen atoms in total. The summed E-state index contributed by atoms with van der Waals surface area (Å²) in [4.78, 5) is 2.31. The largest absolute Gasteiger partial charge is 0.316 e. The van der Waals surface area contributed by atoms with E-state index in [2.05, 4.69) is 10.2 Å². The molecule has 6 heteroatoms. The molecule has 2 saturated heterocycles. The Kier molecular flexibility index (Phi) is 5.04. The Balaban J connectivity index is 0.00000128. The van der Waals surface area contributed by atoms with Gasteiger partial charge in [0.2, 0.25) is 0 Å². The number of hydrogen-bond acceptors (Lipinski definition) is 4. The number of nitrogens with zero attached hydrogens (tertiary/aromatic N) is 1. The minimum Gasteiger partial charge on any atom is -0.316 e. The van der Waals surface area contributed by atoms with E-state index in [1.165, 1.54) is 0 Å². The Morgan fingerprint density at radius 2 is 1.81 bits per heavy atom. The van der Waals surface area contributed by atoms with Gasteiger partial charge in [0.15, 0.2) is 9.84 Å². The molecule has 0 aromatic carbocycles. The van der Waals surface area contributed by atoms with Crippen molar-refractivity contribution >= 4 is 22.2 Å². The van der Waals surface area contributed by atoms with Gasteiger partial charge in [0.1, 0.15) is 0 Å². The highest BCUT2D eigenvalue weighted by atomic mass is 35.5. The van der Waals surface area contributed by atoms with Crippen LogP contribution < -0.4 is 5.32 Å². The molecule has 16 heavy (non-hydrogen) atoms. The smallest absolute Gasteiger partial charge is 0.151 e. The van der Waals surface area contributed by atoms with Gasteiger partial charge < -0.3 is 10.2 Å². The SMILES string of the molecule is CCS(=O)(=O)CCN1C[C@H]2CNC[C@H]2C1.Cl. The van der Waals surface area contributed by atoms with E-state index in [0.29, 0.717) is 5.75 Å². The summed E-state index contributed by atoms with van der Waals surface area (Å²) in [7, 11) is -2.79. The van der Waals surface area contributed by atoms with Crippen molar-refractivity contribution in [2.75, 3.05) is 44.2 Å². The summed E-state index contributed by atoms with van der Waals surface area (Å²) >= 11 is 0. The van der Waals surface area contributed by atoms with Crippen LogP contribution in [0.3, 0.4) is 0 Å². The van der Waals surface area contributed by atoms with Crippen molar-refractivity contribution in [3.05, 3.63) is 0 Å². The monoisotopic (exact) mass is 268 g/mol. The lowest BCUT2D eigenvalue weighted by Crippen LogP contribution is -2.30. The number of nitrogens with one attached hydrogen (secondary N) is 1. The Bertz CT molecular complexity index is 309. The second kappa shape index (κ2) is 5.67. The normalized spacial score (nSPS) is 30.1. The van der Waals surface area contributed by atoms with Crippen LogP contribution in [0.4, 0.5) is 0 Å². The average molecular weight is 269 g/mol. The van der Waals surface area contributed by atoms with Gasteiger partial charge in [-0.3, -0.25) is 0 Å². The highest BCUT2D eigenvalue weighted by Crippen LogP contribution is 2.25. The molecule has 96 valence electrons. The van der Waals surface area contributed by atoms with Gasteiger partial charge in [-0.2, -0.15) is 0 Å². The summed E-state index contributed by atoms with van der Waals surface area (Å²) in [5, 5.41) is 3.38. The van der Waals surface area contributed by atoms with E-state index < -0.39 is 9.84 Å². The van der Waals surface area contributed by atoms with Gasteiger partial charge in [-0.25, -0.2) is 8.42 Å². The molecular formula is C10H21ClN2O2S. The van der Waals surface area contributed by atoms with Crippen molar-refractivity contribution in [2.24, 2.45) is 11.8 Å². The molecule has 2 aliphatic heterocycles. The van der Waals surface area contributed by atoms with E-state index in [1.54, 1.807) is 6.92 Å². The summed E-state index contributed by atoms with van der Waals surface area (Å²) in [6.07, 6.45) is 0. The molecule has 0 radical (unpaired) electrons. The van der Waals surface area contributed by atoms with Crippen LogP contribution in [-0.4, -0.2) is 57.5 Å². The first-order valence-electron chi connectivity index (χ1n) is 5.74. The number of hydrogen-bond donors (Lipinski definition) is 1. The first kappa shape index (κ1) is 14.2. The van der Waals surface area contributed by atoms with Crippen LogP contribution >= 0.6 is 12.4 Å². The lowest BCUT2D eigenvalue weighted by molar-refractivity contribution is 0.331. The van der Waals surface area contributed by atoms with E-state index in [0.717, 1.165) is 44.6 Å². The third-order valence-corrected chi connectivity index (χ3v) is 5.31. The van der Waals surface area contributed by atoms with E-state index in [9.17, 15) is 8.42 Å². The second-order valence-electron chi connectivity index (χ2n) is 4.67. The molecule has 0 aliphatic carbocycles. The summed E-state index contributed by atoms with van der Waals surface area (Å²) < 4.78 is 22.7. The van der Waals surface area contributed by atoms with Crippen LogP contribution in [0.1, 0.15) is 6.92 Å². The molecule has 0 aromatic heterocycles. The Morgan fingerprint density at radius 1 is 1.25 bits per heavy atom. The van der Waals surface area contributed by atoms with Crippen molar-refractivity contribution in [3.63, 3.8) is 0 Å². The van der Waals surface area contributed by atoms with Crippen molar-refractivity contribution in [2.45, 2.75) is 6.92 Å². The third kappa shape index (κ3) is 3.32. The second-order valence-corrected chi connectivity index (χ2v) is 7.15. The molecule has 2 rings (SSSR count). The molecule has 2 fully saturated rings. The van der Waals surface area contributed by atoms with Crippen molar-refractivity contribution in [1.29, 1.82) is 0 Å². The molecule has 0 amide bonds. The van der Waals surface area contributed by atoms with Crippen LogP contribution in [0.2, 0.25) is 0 Å². The zero-order chi connectivity index (χ0) is 10.9. The summed E-state index contributed by atoms with van der Waals surface area (Å²) in [5.41, 5.74) is 0. The summed E-state index contributed by atoms with van der Waals surface area (Å²) in [5.74, 6) is 2.12. The maximum atomic E-state index is 11.4. The topological polar surface area (TPSA) is 49.4 Å². The zero-order valence-corrected chi connectivity index (χ0v) is 11.3.